The minimum atomic E-state index is -4.63. The topological polar surface area (TPSA) is 66.9 Å². The molecular formula is C16H23F3N2O4. The van der Waals surface area contributed by atoms with Crippen LogP contribution in [0.1, 0.15) is 39.0 Å². The van der Waals surface area contributed by atoms with Crippen molar-refractivity contribution in [3.63, 3.8) is 0 Å². The Balaban J connectivity index is 2.04. The number of esters is 1. The van der Waals surface area contributed by atoms with Crippen molar-refractivity contribution in [3.05, 3.63) is 0 Å². The second-order valence-corrected chi connectivity index (χ2v) is 6.50. The van der Waals surface area contributed by atoms with Crippen molar-refractivity contribution < 1.29 is 32.3 Å². The van der Waals surface area contributed by atoms with Gasteiger partial charge in [0.25, 0.3) is 0 Å². The number of hydrogen-bond donors (Lipinski definition) is 0. The third kappa shape index (κ3) is 5.34. The maximum absolute atomic E-state index is 12.8. The molecule has 1 aliphatic carbocycles. The third-order valence-corrected chi connectivity index (χ3v) is 4.58. The van der Waals surface area contributed by atoms with E-state index >= 15 is 0 Å². The van der Waals surface area contributed by atoms with Crippen molar-refractivity contribution in [3.8, 4) is 0 Å². The van der Waals surface area contributed by atoms with Crippen molar-refractivity contribution in [1.82, 2.24) is 9.80 Å². The van der Waals surface area contributed by atoms with Crippen molar-refractivity contribution >= 4 is 17.8 Å². The molecule has 6 nitrogen and oxygen atoms in total. The predicted molar refractivity (Wildman–Crippen MR) is 81.3 cm³/mol. The van der Waals surface area contributed by atoms with Gasteiger partial charge in [-0.15, -0.1) is 0 Å². The second kappa shape index (κ2) is 8.05. The number of nitrogens with zero attached hydrogens (tertiary/aromatic N) is 2. The first kappa shape index (κ1) is 19.5. The number of carbonyl (C=O) groups is 3. The number of rotatable bonds is 6. The molecule has 2 aliphatic rings. The predicted octanol–water partition coefficient (Wildman–Crippen LogP) is 1.73. The van der Waals surface area contributed by atoms with E-state index < -0.39 is 37.1 Å². The Morgan fingerprint density at radius 2 is 1.92 bits per heavy atom. The second-order valence-electron chi connectivity index (χ2n) is 6.50. The molecule has 1 unspecified atom stereocenters. The Kier molecular flexibility index (Phi) is 6.29. The Labute approximate surface area is 144 Å². The van der Waals surface area contributed by atoms with Gasteiger partial charge in [0, 0.05) is 19.0 Å². The zero-order chi connectivity index (χ0) is 18.6. The molecular weight excluding hydrogens is 341 g/mol. The minimum absolute atomic E-state index is 0.0181. The molecule has 25 heavy (non-hydrogen) atoms. The van der Waals surface area contributed by atoms with Crippen LogP contribution in [0, 0.1) is 5.92 Å². The Morgan fingerprint density at radius 3 is 2.48 bits per heavy atom. The highest BCUT2D eigenvalue weighted by molar-refractivity contribution is 5.91. The van der Waals surface area contributed by atoms with E-state index in [1.807, 2.05) is 0 Å². The molecule has 142 valence electrons. The molecule has 1 heterocycles. The lowest BCUT2D eigenvalue weighted by Crippen LogP contribution is -2.46. The highest BCUT2D eigenvalue weighted by Gasteiger charge is 2.42. The maximum atomic E-state index is 12.8. The van der Waals surface area contributed by atoms with Crippen LogP contribution in [0.3, 0.4) is 0 Å². The van der Waals surface area contributed by atoms with Gasteiger partial charge in [0.1, 0.15) is 13.1 Å². The van der Waals surface area contributed by atoms with Crippen LogP contribution in [-0.2, 0) is 19.1 Å². The van der Waals surface area contributed by atoms with Crippen LogP contribution in [0.25, 0.3) is 0 Å². The molecule has 0 aromatic heterocycles. The SMILES string of the molecule is CCOC(=O)CN(CC(F)(F)F)C(=O)C1CC(=O)N(C2CCCC2)C1. The Morgan fingerprint density at radius 1 is 1.28 bits per heavy atom. The van der Waals surface area contributed by atoms with Gasteiger partial charge in [0.2, 0.25) is 11.8 Å². The number of alkyl halides is 3. The molecule has 0 aromatic carbocycles. The number of likely N-dealkylation sites (tertiary alicyclic amines) is 1. The Hall–Kier alpha value is -1.80. The number of carbonyl (C=O) groups excluding carboxylic acids is 3. The van der Waals surface area contributed by atoms with Crippen molar-refractivity contribution in [2.24, 2.45) is 5.92 Å². The fraction of sp³-hybridized carbons (Fsp3) is 0.812. The molecule has 1 saturated heterocycles. The molecule has 0 aromatic rings. The summed E-state index contributed by atoms with van der Waals surface area (Å²) in [7, 11) is 0. The summed E-state index contributed by atoms with van der Waals surface area (Å²) in [5, 5.41) is 0. The van der Waals surface area contributed by atoms with Gasteiger partial charge in [-0.1, -0.05) is 12.8 Å². The lowest BCUT2D eigenvalue weighted by molar-refractivity contribution is -0.169. The number of halogens is 3. The standard InChI is InChI=1S/C16H23F3N2O4/c1-2-25-14(23)9-20(10-16(17,18)19)15(24)11-7-13(22)21(8-11)12-5-3-4-6-12/h11-12H,2-10H2,1H3. The quantitative estimate of drug-likeness (QED) is 0.674. The van der Waals surface area contributed by atoms with E-state index in [2.05, 4.69) is 4.74 Å². The first-order chi connectivity index (χ1) is 11.7. The van der Waals surface area contributed by atoms with Crippen LogP contribution in [0.2, 0.25) is 0 Å². The lowest BCUT2D eigenvalue weighted by Gasteiger charge is -2.27. The zero-order valence-electron chi connectivity index (χ0n) is 14.2. The van der Waals surface area contributed by atoms with Crippen LogP contribution in [0.4, 0.5) is 13.2 Å². The molecule has 2 amide bonds. The van der Waals surface area contributed by atoms with Gasteiger partial charge >= 0.3 is 12.1 Å². The van der Waals surface area contributed by atoms with Crippen LogP contribution in [-0.4, -0.2) is 66.0 Å². The Bertz CT molecular complexity index is 518. The van der Waals surface area contributed by atoms with Crippen molar-refractivity contribution in [1.29, 1.82) is 0 Å². The van der Waals surface area contributed by atoms with Gasteiger partial charge in [-0.05, 0) is 19.8 Å². The van der Waals surface area contributed by atoms with Gasteiger partial charge in [-0.3, -0.25) is 14.4 Å². The highest BCUT2D eigenvalue weighted by atomic mass is 19.4. The summed E-state index contributed by atoms with van der Waals surface area (Å²) >= 11 is 0. The van der Waals surface area contributed by atoms with Crippen LogP contribution >= 0.6 is 0 Å². The number of ether oxygens (including phenoxy) is 1. The van der Waals surface area contributed by atoms with Crippen molar-refractivity contribution in [2.45, 2.75) is 51.2 Å². The molecule has 1 saturated carbocycles. The molecule has 0 bridgehead atoms. The summed E-state index contributed by atoms with van der Waals surface area (Å²) < 4.78 is 42.9. The van der Waals surface area contributed by atoms with Gasteiger partial charge in [-0.2, -0.15) is 13.2 Å². The summed E-state index contributed by atoms with van der Waals surface area (Å²) in [5.74, 6) is -2.76. The average Bonchev–Trinajstić information content (AvgIpc) is 3.13. The molecule has 2 rings (SSSR count). The molecule has 1 atom stereocenters. The maximum Gasteiger partial charge on any atom is 0.406 e. The van der Waals surface area contributed by atoms with Crippen molar-refractivity contribution in [2.75, 3.05) is 26.2 Å². The third-order valence-electron chi connectivity index (χ3n) is 4.58. The van der Waals surface area contributed by atoms with Crippen LogP contribution in [0.5, 0.6) is 0 Å². The summed E-state index contributed by atoms with van der Waals surface area (Å²) in [6.45, 7) is -0.619. The number of hydrogen-bond acceptors (Lipinski definition) is 4. The first-order valence-corrected chi connectivity index (χ1v) is 8.52. The highest BCUT2D eigenvalue weighted by Crippen LogP contribution is 2.30. The first-order valence-electron chi connectivity index (χ1n) is 8.52. The van der Waals surface area contributed by atoms with E-state index in [0.717, 1.165) is 25.7 Å². The van der Waals surface area contributed by atoms with Gasteiger partial charge in [-0.25, -0.2) is 0 Å². The van der Waals surface area contributed by atoms with E-state index in [1.54, 1.807) is 4.90 Å². The fourth-order valence-electron chi connectivity index (χ4n) is 3.51. The van der Waals surface area contributed by atoms with Crippen LogP contribution < -0.4 is 0 Å². The summed E-state index contributed by atoms with van der Waals surface area (Å²) in [4.78, 5) is 38.3. The molecule has 9 heteroatoms. The van der Waals surface area contributed by atoms with E-state index in [4.69, 9.17) is 0 Å². The van der Waals surface area contributed by atoms with Gasteiger partial charge in [0.05, 0.1) is 12.5 Å². The molecule has 2 fully saturated rings. The molecule has 0 N–H and O–H groups in total. The van der Waals surface area contributed by atoms with E-state index in [0.29, 0.717) is 4.90 Å². The minimum Gasteiger partial charge on any atom is -0.465 e. The monoisotopic (exact) mass is 364 g/mol. The van der Waals surface area contributed by atoms with E-state index in [9.17, 15) is 27.6 Å². The van der Waals surface area contributed by atoms with Crippen LogP contribution in [0.15, 0.2) is 0 Å². The smallest absolute Gasteiger partial charge is 0.406 e. The van der Waals surface area contributed by atoms with Gasteiger partial charge in [0.15, 0.2) is 0 Å². The lowest BCUT2D eigenvalue weighted by atomic mass is 10.1. The largest absolute Gasteiger partial charge is 0.465 e. The van der Waals surface area contributed by atoms with E-state index in [1.165, 1.54) is 6.92 Å². The van der Waals surface area contributed by atoms with E-state index in [-0.39, 0.29) is 31.5 Å². The normalized spacial score (nSPS) is 21.7. The molecule has 1 aliphatic heterocycles. The van der Waals surface area contributed by atoms with Gasteiger partial charge < -0.3 is 14.5 Å². The zero-order valence-corrected chi connectivity index (χ0v) is 14.2. The summed E-state index contributed by atoms with van der Waals surface area (Å²) in [6.07, 6.45) is -0.988. The molecule has 0 radical (unpaired) electrons. The fourth-order valence-corrected chi connectivity index (χ4v) is 3.51. The summed E-state index contributed by atoms with van der Waals surface area (Å²) in [6, 6.07) is 0.0754. The number of amides is 2. The average molecular weight is 364 g/mol. The molecule has 0 spiro atoms. The summed E-state index contributed by atoms with van der Waals surface area (Å²) in [5.41, 5.74) is 0.